The van der Waals surface area contributed by atoms with Gasteiger partial charge in [-0.1, -0.05) is 0 Å². The van der Waals surface area contributed by atoms with Crippen LogP contribution in [0.15, 0.2) is 24.5 Å². The van der Waals surface area contributed by atoms with Crippen LogP contribution in [0.5, 0.6) is 0 Å². The average molecular weight is 256 g/mol. The molecule has 1 aliphatic rings. The third kappa shape index (κ3) is 2.19. The second-order valence-corrected chi connectivity index (χ2v) is 5.48. The van der Waals surface area contributed by atoms with Crippen molar-refractivity contribution in [3.63, 3.8) is 0 Å². The zero-order valence-corrected chi connectivity index (χ0v) is 11.6. The van der Waals surface area contributed by atoms with Crippen LogP contribution >= 0.6 is 0 Å². The number of hydrogen-bond donors (Lipinski definition) is 1. The highest BCUT2D eigenvalue weighted by Crippen LogP contribution is 2.32. The number of aromatic nitrogens is 2. The van der Waals surface area contributed by atoms with Gasteiger partial charge in [-0.05, 0) is 56.4 Å². The van der Waals surface area contributed by atoms with E-state index in [9.17, 15) is 5.11 Å². The summed E-state index contributed by atoms with van der Waals surface area (Å²) in [5.74, 6) is 0. The standard InChI is InChI=1S/C16H20N2O/c1-11-6-7-17-9-13(11)10-18-12(2)8-14-15(18)4-3-5-16(14)19/h6-9,16,19H,3-5,10H2,1-2H3. The first-order chi connectivity index (χ1) is 9.16. The van der Waals surface area contributed by atoms with Crippen LogP contribution in [0, 0.1) is 13.8 Å². The summed E-state index contributed by atoms with van der Waals surface area (Å²) in [6.07, 6.45) is 6.53. The Balaban J connectivity index is 2.00. The molecular weight excluding hydrogens is 236 g/mol. The summed E-state index contributed by atoms with van der Waals surface area (Å²) in [6, 6.07) is 4.19. The Labute approximate surface area is 113 Å². The van der Waals surface area contributed by atoms with Crippen LogP contribution in [0.1, 0.15) is 47.0 Å². The summed E-state index contributed by atoms with van der Waals surface area (Å²) in [5.41, 5.74) is 6.19. The maximum atomic E-state index is 10.1. The molecule has 1 atom stereocenters. The predicted octanol–water partition coefficient (Wildman–Crippen LogP) is 2.92. The molecule has 3 nitrogen and oxygen atoms in total. The molecule has 2 heterocycles. The molecule has 0 fully saturated rings. The SMILES string of the molecule is Cc1ccncc1Cn1c(C)cc2c1CCCC2O. The van der Waals surface area contributed by atoms with E-state index < -0.39 is 0 Å². The molecule has 2 aromatic rings. The smallest absolute Gasteiger partial charge is 0.0807 e. The molecule has 1 aliphatic carbocycles. The molecule has 0 saturated heterocycles. The highest BCUT2D eigenvalue weighted by Gasteiger charge is 2.23. The number of aliphatic hydroxyl groups is 1. The van der Waals surface area contributed by atoms with Crippen LogP contribution in [0.2, 0.25) is 0 Å². The van der Waals surface area contributed by atoms with Crippen LogP contribution < -0.4 is 0 Å². The van der Waals surface area contributed by atoms with Crippen molar-refractivity contribution in [2.24, 2.45) is 0 Å². The normalized spacial score (nSPS) is 18.4. The number of rotatable bonds is 2. The lowest BCUT2D eigenvalue weighted by Crippen LogP contribution is -2.13. The van der Waals surface area contributed by atoms with E-state index >= 15 is 0 Å². The van der Waals surface area contributed by atoms with Gasteiger partial charge in [0.25, 0.3) is 0 Å². The second kappa shape index (κ2) is 4.82. The van der Waals surface area contributed by atoms with Crippen molar-refractivity contribution in [2.75, 3.05) is 0 Å². The van der Waals surface area contributed by atoms with Crippen molar-refractivity contribution in [2.45, 2.75) is 45.8 Å². The minimum absolute atomic E-state index is 0.279. The maximum absolute atomic E-state index is 10.1. The fraction of sp³-hybridized carbons (Fsp3) is 0.438. The molecule has 0 saturated carbocycles. The van der Waals surface area contributed by atoms with Crippen molar-refractivity contribution in [1.82, 2.24) is 9.55 Å². The van der Waals surface area contributed by atoms with E-state index in [4.69, 9.17) is 0 Å². The summed E-state index contributed by atoms with van der Waals surface area (Å²) in [5, 5.41) is 10.1. The third-order valence-electron chi connectivity index (χ3n) is 4.18. The Hall–Kier alpha value is -1.61. The quantitative estimate of drug-likeness (QED) is 0.897. The molecule has 1 N–H and O–H groups in total. The van der Waals surface area contributed by atoms with Gasteiger partial charge in [-0.25, -0.2) is 0 Å². The molecule has 0 aromatic carbocycles. The third-order valence-corrected chi connectivity index (χ3v) is 4.18. The Bertz CT molecular complexity index is 601. The van der Waals surface area contributed by atoms with Gasteiger partial charge in [0.15, 0.2) is 0 Å². The minimum atomic E-state index is -0.279. The van der Waals surface area contributed by atoms with Gasteiger partial charge in [0.2, 0.25) is 0 Å². The first-order valence-electron chi connectivity index (χ1n) is 6.93. The van der Waals surface area contributed by atoms with Gasteiger partial charge in [-0.3, -0.25) is 4.98 Å². The predicted molar refractivity (Wildman–Crippen MR) is 75.1 cm³/mol. The minimum Gasteiger partial charge on any atom is -0.388 e. The van der Waals surface area contributed by atoms with Crippen LogP contribution in [0.25, 0.3) is 0 Å². The van der Waals surface area contributed by atoms with Crippen LogP contribution in [-0.2, 0) is 13.0 Å². The number of aliphatic hydroxyl groups excluding tert-OH is 1. The first kappa shape index (κ1) is 12.4. The lowest BCUT2D eigenvalue weighted by Gasteiger charge is -2.20. The molecular formula is C16H20N2O. The summed E-state index contributed by atoms with van der Waals surface area (Å²) >= 11 is 0. The lowest BCUT2D eigenvalue weighted by molar-refractivity contribution is 0.156. The van der Waals surface area contributed by atoms with Gasteiger partial charge in [0.1, 0.15) is 0 Å². The van der Waals surface area contributed by atoms with Crippen molar-refractivity contribution in [1.29, 1.82) is 0 Å². The lowest BCUT2D eigenvalue weighted by atomic mass is 9.95. The number of pyridine rings is 1. The van der Waals surface area contributed by atoms with E-state index in [-0.39, 0.29) is 6.10 Å². The number of hydrogen-bond acceptors (Lipinski definition) is 2. The molecule has 100 valence electrons. The van der Waals surface area contributed by atoms with E-state index in [1.54, 1.807) is 0 Å². The largest absolute Gasteiger partial charge is 0.388 e. The molecule has 0 radical (unpaired) electrons. The van der Waals surface area contributed by atoms with Gasteiger partial charge in [-0.2, -0.15) is 0 Å². The van der Waals surface area contributed by atoms with Gasteiger partial charge in [0, 0.05) is 35.9 Å². The maximum Gasteiger partial charge on any atom is 0.0807 e. The monoisotopic (exact) mass is 256 g/mol. The number of nitrogens with zero attached hydrogens (tertiary/aromatic N) is 2. The molecule has 2 aromatic heterocycles. The molecule has 0 amide bonds. The fourth-order valence-electron chi connectivity index (χ4n) is 2.99. The van der Waals surface area contributed by atoms with E-state index in [1.807, 2.05) is 12.4 Å². The highest BCUT2D eigenvalue weighted by molar-refractivity contribution is 5.33. The molecule has 3 rings (SSSR count). The molecule has 0 aliphatic heterocycles. The Kier molecular flexibility index (Phi) is 3.15. The molecule has 19 heavy (non-hydrogen) atoms. The van der Waals surface area contributed by atoms with E-state index in [0.29, 0.717) is 0 Å². The number of fused-ring (bicyclic) bond motifs is 1. The topological polar surface area (TPSA) is 38.0 Å². The van der Waals surface area contributed by atoms with Crippen LogP contribution in [0.4, 0.5) is 0 Å². The van der Waals surface area contributed by atoms with Crippen molar-refractivity contribution in [3.05, 3.63) is 52.6 Å². The molecule has 0 spiro atoms. The molecule has 0 bridgehead atoms. The Morgan fingerprint density at radius 3 is 3.05 bits per heavy atom. The molecule has 3 heteroatoms. The summed E-state index contributed by atoms with van der Waals surface area (Å²) in [7, 11) is 0. The van der Waals surface area contributed by atoms with Crippen molar-refractivity contribution in [3.8, 4) is 0 Å². The van der Waals surface area contributed by atoms with Crippen LogP contribution in [-0.4, -0.2) is 14.7 Å². The second-order valence-electron chi connectivity index (χ2n) is 5.48. The van der Waals surface area contributed by atoms with Gasteiger partial charge < -0.3 is 9.67 Å². The Morgan fingerprint density at radius 2 is 2.26 bits per heavy atom. The summed E-state index contributed by atoms with van der Waals surface area (Å²) < 4.78 is 2.34. The van der Waals surface area contributed by atoms with E-state index in [2.05, 4.69) is 35.5 Å². The van der Waals surface area contributed by atoms with Crippen molar-refractivity contribution < 1.29 is 5.11 Å². The number of aryl methyl sites for hydroxylation is 2. The average Bonchev–Trinajstić information content (AvgIpc) is 2.71. The molecule has 1 unspecified atom stereocenters. The Morgan fingerprint density at radius 1 is 1.42 bits per heavy atom. The van der Waals surface area contributed by atoms with Gasteiger partial charge >= 0.3 is 0 Å². The fourth-order valence-corrected chi connectivity index (χ4v) is 2.99. The first-order valence-corrected chi connectivity index (χ1v) is 6.93. The van der Waals surface area contributed by atoms with E-state index in [1.165, 1.54) is 22.5 Å². The van der Waals surface area contributed by atoms with Gasteiger partial charge in [0.05, 0.1) is 6.10 Å². The highest BCUT2D eigenvalue weighted by atomic mass is 16.3. The summed E-state index contributed by atoms with van der Waals surface area (Å²) in [4.78, 5) is 4.22. The van der Waals surface area contributed by atoms with E-state index in [0.717, 1.165) is 31.4 Å². The zero-order valence-electron chi connectivity index (χ0n) is 11.6. The zero-order chi connectivity index (χ0) is 13.4. The van der Waals surface area contributed by atoms with Gasteiger partial charge in [-0.15, -0.1) is 0 Å². The van der Waals surface area contributed by atoms with Crippen LogP contribution in [0.3, 0.4) is 0 Å². The summed E-state index contributed by atoms with van der Waals surface area (Å²) in [6.45, 7) is 5.10. The van der Waals surface area contributed by atoms with Crippen molar-refractivity contribution >= 4 is 0 Å².